The Morgan fingerprint density at radius 1 is 1.04 bits per heavy atom. The maximum absolute atomic E-state index is 12.7. The summed E-state index contributed by atoms with van der Waals surface area (Å²) in [5.74, 6) is 0. The number of cyclic esters (lactones) is 1. The van der Waals surface area contributed by atoms with Gasteiger partial charge in [0.2, 0.25) is 0 Å². The van der Waals surface area contributed by atoms with Crippen LogP contribution in [0.5, 0.6) is 0 Å². The monoisotopic (exact) mass is 442 g/mol. The van der Waals surface area contributed by atoms with Gasteiger partial charge in [0.25, 0.3) is 0 Å². The molecule has 2 atom stereocenters. The van der Waals surface area contributed by atoms with Crippen molar-refractivity contribution in [1.82, 2.24) is 9.80 Å². The number of likely N-dealkylation sites (tertiary alicyclic amines) is 1. The SMILES string of the molecule is O=C1OC(Cc2ccccc2Br)CN1C(CCN1CCCC1)c1ccccc1. The van der Waals surface area contributed by atoms with E-state index in [1.807, 2.05) is 29.2 Å². The first-order chi connectivity index (χ1) is 13.7. The lowest BCUT2D eigenvalue weighted by atomic mass is 10.0. The molecule has 5 heteroatoms. The molecule has 2 fully saturated rings. The molecule has 0 aromatic heterocycles. The number of ether oxygens (including phenoxy) is 1. The van der Waals surface area contributed by atoms with Gasteiger partial charge in [-0.25, -0.2) is 4.79 Å². The first-order valence-electron chi connectivity index (χ1n) is 10.2. The van der Waals surface area contributed by atoms with Gasteiger partial charge < -0.3 is 9.64 Å². The minimum absolute atomic E-state index is 0.0681. The van der Waals surface area contributed by atoms with Crippen molar-refractivity contribution in [2.45, 2.75) is 37.8 Å². The summed E-state index contributed by atoms with van der Waals surface area (Å²) in [6, 6.07) is 18.6. The summed E-state index contributed by atoms with van der Waals surface area (Å²) in [4.78, 5) is 17.2. The molecule has 2 heterocycles. The van der Waals surface area contributed by atoms with Crippen LogP contribution in [0.1, 0.15) is 36.4 Å². The standard InChI is InChI=1S/C23H27BrN2O2/c24-21-11-5-4-10-19(21)16-20-17-26(23(27)28-20)22(18-8-2-1-3-9-18)12-15-25-13-6-7-14-25/h1-5,8-11,20,22H,6-7,12-17H2. The molecule has 0 radical (unpaired) electrons. The van der Waals surface area contributed by atoms with Gasteiger partial charge >= 0.3 is 6.09 Å². The summed E-state index contributed by atoms with van der Waals surface area (Å²) in [7, 11) is 0. The maximum atomic E-state index is 12.7. The minimum atomic E-state index is -0.188. The second kappa shape index (κ2) is 9.10. The van der Waals surface area contributed by atoms with E-state index >= 15 is 0 Å². The van der Waals surface area contributed by atoms with Gasteiger partial charge in [-0.2, -0.15) is 0 Å². The predicted octanol–water partition coefficient (Wildman–Crippen LogP) is 5.04. The average molecular weight is 443 g/mol. The predicted molar refractivity (Wildman–Crippen MR) is 114 cm³/mol. The van der Waals surface area contributed by atoms with Crippen molar-refractivity contribution in [3.63, 3.8) is 0 Å². The van der Waals surface area contributed by atoms with Gasteiger partial charge in [-0.15, -0.1) is 0 Å². The van der Waals surface area contributed by atoms with Crippen LogP contribution in [0.3, 0.4) is 0 Å². The fourth-order valence-corrected chi connectivity index (χ4v) is 4.75. The van der Waals surface area contributed by atoms with Gasteiger partial charge in [0.1, 0.15) is 6.10 Å². The Hall–Kier alpha value is -1.85. The van der Waals surface area contributed by atoms with Crippen LogP contribution in [0.2, 0.25) is 0 Å². The second-order valence-electron chi connectivity index (χ2n) is 7.72. The lowest BCUT2D eigenvalue weighted by Gasteiger charge is -2.28. The molecule has 0 N–H and O–H groups in total. The molecule has 0 aliphatic carbocycles. The van der Waals surface area contributed by atoms with Crippen molar-refractivity contribution in [2.24, 2.45) is 0 Å². The number of carbonyl (C=O) groups is 1. The van der Waals surface area contributed by atoms with Gasteiger partial charge in [-0.1, -0.05) is 64.5 Å². The highest BCUT2D eigenvalue weighted by Crippen LogP contribution is 2.31. The minimum Gasteiger partial charge on any atom is -0.444 e. The Kier molecular flexibility index (Phi) is 6.33. The summed E-state index contributed by atoms with van der Waals surface area (Å²) < 4.78 is 6.83. The van der Waals surface area contributed by atoms with E-state index in [2.05, 4.69) is 51.2 Å². The fraction of sp³-hybridized carbons (Fsp3) is 0.435. The lowest BCUT2D eigenvalue weighted by molar-refractivity contribution is 0.125. The van der Waals surface area contributed by atoms with Crippen LogP contribution in [-0.4, -0.2) is 48.2 Å². The van der Waals surface area contributed by atoms with Crippen molar-refractivity contribution in [1.29, 1.82) is 0 Å². The number of hydrogen-bond acceptors (Lipinski definition) is 3. The lowest BCUT2D eigenvalue weighted by Crippen LogP contribution is -2.33. The number of benzene rings is 2. The van der Waals surface area contributed by atoms with E-state index in [0.717, 1.165) is 23.9 Å². The van der Waals surface area contributed by atoms with Crippen molar-refractivity contribution in [2.75, 3.05) is 26.2 Å². The van der Waals surface area contributed by atoms with Crippen molar-refractivity contribution in [3.05, 3.63) is 70.2 Å². The summed E-state index contributed by atoms with van der Waals surface area (Å²) in [5, 5.41) is 0. The summed E-state index contributed by atoms with van der Waals surface area (Å²) >= 11 is 3.60. The average Bonchev–Trinajstić information content (AvgIpc) is 3.35. The van der Waals surface area contributed by atoms with Crippen LogP contribution < -0.4 is 0 Å². The molecule has 4 nitrogen and oxygen atoms in total. The van der Waals surface area contributed by atoms with E-state index in [0.29, 0.717) is 6.54 Å². The van der Waals surface area contributed by atoms with Crippen molar-refractivity contribution >= 4 is 22.0 Å². The molecule has 2 aromatic carbocycles. The van der Waals surface area contributed by atoms with E-state index in [1.54, 1.807) is 0 Å². The molecular weight excluding hydrogens is 416 g/mol. The second-order valence-corrected chi connectivity index (χ2v) is 8.57. The topological polar surface area (TPSA) is 32.8 Å². The molecule has 2 aliphatic heterocycles. The Labute approximate surface area is 175 Å². The first kappa shape index (κ1) is 19.5. The van der Waals surface area contributed by atoms with Crippen LogP contribution in [0, 0.1) is 0 Å². The summed E-state index contributed by atoms with van der Waals surface area (Å²) in [6.07, 6.45) is 3.96. The molecule has 28 heavy (non-hydrogen) atoms. The highest BCUT2D eigenvalue weighted by molar-refractivity contribution is 9.10. The summed E-state index contributed by atoms with van der Waals surface area (Å²) in [5.41, 5.74) is 2.37. The van der Waals surface area contributed by atoms with Crippen LogP contribution >= 0.6 is 15.9 Å². The van der Waals surface area contributed by atoms with E-state index in [9.17, 15) is 4.79 Å². The molecule has 4 rings (SSSR count). The Bertz CT molecular complexity index is 792. The normalized spacial score (nSPS) is 21.1. The van der Waals surface area contributed by atoms with Gasteiger partial charge in [-0.05, 0) is 49.5 Å². The zero-order valence-corrected chi connectivity index (χ0v) is 17.7. The largest absolute Gasteiger partial charge is 0.444 e. The van der Waals surface area contributed by atoms with Gasteiger partial charge in [-0.3, -0.25) is 4.90 Å². The molecule has 1 amide bonds. The molecule has 0 spiro atoms. The Morgan fingerprint density at radius 2 is 1.75 bits per heavy atom. The zero-order chi connectivity index (χ0) is 19.3. The highest BCUT2D eigenvalue weighted by atomic mass is 79.9. The first-order valence-corrected chi connectivity index (χ1v) is 11.0. The fourth-order valence-electron chi connectivity index (χ4n) is 4.30. The number of nitrogens with zero attached hydrogens (tertiary/aromatic N) is 2. The number of hydrogen-bond donors (Lipinski definition) is 0. The Balaban J connectivity index is 1.47. The van der Waals surface area contributed by atoms with Crippen LogP contribution in [-0.2, 0) is 11.2 Å². The molecule has 2 aliphatic rings. The number of amides is 1. The molecule has 2 saturated heterocycles. The third-order valence-corrected chi connectivity index (χ3v) is 6.56. The van der Waals surface area contributed by atoms with Gasteiger partial charge in [0.15, 0.2) is 0 Å². The molecular formula is C23H27BrN2O2. The highest BCUT2D eigenvalue weighted by Gasteiger charge is 2.37. The van der Waals surface area contributed by atoms with E-state index in [-0.39, 0.29) is 18.2 Å². The smallest absolute Gasteiger partial charge is 0.410 e. The Morgan fingerprint density at radius 3 is 2.50 bits per heavy atom. The number of halogens is 1. The molecule has 2 aromatic rings. The quantitative estimate of drug-likeness (QED) is 0.601. The third-order valence-electron chi connectivity index (χ3n) is 5.79. The van der Waals surface area contributed by atoms with Gasteiger partial charge in [0.05, 0.1) is 12.6 Å². The number of rotatable bonds is 7. The molecule has 0 saturated carbocycles. The van der Waals surface area contributed by atoms with E-state index in [4.69, 9.17) is 4.74 Å². The van der Waals surface area contributed by atoms with Gasteiger partial charge in [0, 0.05) is 17.4 Å². The van der Waals surface area contributed by atoms with E-state index < -0.39 is 0 Å². The maximum Gasteiger partial charge on any atom is 0.410 e. The molecule has 2 unspecified atom stereocenters. The van der Waals surface area contributed by atoms with Crippen LogP contribution in [0.15, 0.2) is 59.1 Å². The molecule has 148 valence electrons. The van der Waals surface area contributed by atoms with Crippen molar-refractivity contribution in [3.8, 4) is 0 Å². The zero-order valence-electron chi connectivity index (χ0n) is 16.1. The van der Waals surface area contributed by atoms with Crippen LogP contribution in [0.4, 0.5) is 4.79 Å². The van der Waals surface area contributed by atoms with Crippen LogP contribution in [0.25, 0.3) is 0 Å². The number of carbonyl (C=O) groups excluding carboxylic acids is 1. The van der Waals surface area contributed by atoms with Crippen molar-refractivity contribution < 1.29 is 9.53 Å². The third kappa shape index (κ3) is 4.58. The van der Waals surface area contributed by atoms with E-state index in [1.165, 1.54) is 37.1 Å². The molecule has 0 bridgehead atoms. The summed E-state index contributed by atoms with van der Waals surface area (Å²) in [6.45, 7) is 4.02.